The van der Waals surface area contributed by atoms with Crippen LogP contribution in [-0.4, -0.2) is 68.5 Å². The van der Waals surface area contributed by atoms with Gasteiger partial charge in [0.15, 0.2) is 5.96 Å². The Kier molecular flexibility index (Phi) is 8.58. The van der Waals surface area contributed by atoms with Gasteiger partial charge in [-0.2, -0.15) is 0 Å². The van der Waals surface area contributed by atoms with E-state index in [1.165, 1.54) is 32.2 Å². The van der Waals surface area contributed by atoms with Crippen LogP contribution in [0.1, 0.15) is 48.5 Å². The molecule has 1 fully saturated rings. The molecule has 1 aromatic carbocycles. The molecule has 0 aliphatic carbocycles. The molecule has 27 heavy (non-hydrogen) atoms. The molecule has 2 rings (SSSR count). The fourth-order valence-electron chi connectivity index (χ4n) is 3.56. The van der Waals surface area contributed by atoms with Crippen molar-refractivity contribution in [2.75, 3.05) is 40.8 Å². The molecule has 6 heteroatoms. The van der Waals surface area contributed by atoms with E-state index in [2.05, 4.69) is 27.4 Å². The van der Waals surface area contributed by atoms with Gasteiger partial charge in [-0.25, -0.2) is 0 Å². The molecule has 0 aromatic heterocycles. The number of benzene rings is 1. The third kappa shape index (κ3) is 6.54. The number of carbonyl (C=O) groups is 1. The van der Waals surface area contributed by atoms with Crippen LogP contribution in [0.15, 0.2) is 29.3 Å². The number of rotatable bonds is 7. The Morgan fingerprint density at radius 1 is 1.22 bits per heavy atom. The zero-order valence-corrected chi connectivity index (χ0v) is 17.3. The van der Waals surface area contributed by atoms with Crippen molar-refractivity contribution in [1.29, 1.82) is 0 Å². The van der Waals surface area contributed by atoms with Crippen LogP contribution in [0.2, 0.25) is 0 Å². The number of hydrogen-bond acceptors (Lipinski definition) is 3. The minimum atomic E-state index is 0.0232. The average Bonchev–Trinajstić information content (AvgIpc) is 2.70. The van der Waals surface area contributed by atoms with E-state index in [0.717, 1.165) is 30.7 Å². The van der Waals surface area contributed by atoms with Gasteiger partial charge in [-0.15, -0.1) is 0 Å². The molecule has 1 atom stereocenters. The van der Waals surface area contributed by atoms with Crippen LogP contribution in [0.25, 0.3) is 0 Å². The number of amides is 1. The highest BCUT2D eigenvalue weighted by Gasteiger charge is 2.19. The van der Waals surface area contributed by atoms with Crippen LogP contribution >= 0.6 is 0 Å². The van der Waals surface area contributed by atoms with Crippen molar-refractivity contribution in [2.45, 2.75) is 45.2 Å². The topological polar surface area (TPSA) is 60.0 Å². The maximum atomic E-state index is 11.9. The molecule has 150 valence electrons. The van der Waals surface area contributed by atoms with E-state index in [4.69, 9.17) is 0 Å². The van der Waals surface area contributed by atoms with Crippen LogP contribution in [0.4, 0.5) is 0 Å². The van der Waals surface area contributed by atoms with Crippen LogP contribution in [0, 0.1) is 0 Å². The lowest BCUT2D eigenvalue weighted by atomic mass is 10.0. The van der Waals surface area contributed by atoms with Crippen molar-refractivity contribution < 1.29 is 4.79 Å². The van der Waals surface area contributed by atoms with Crippen molar-refractivity contribution in [2.24, 2.45) is 4.99 Å². The van der Waals surface area contributed by atoms with Crippen molar-refractivity contribution in [3.05, 3.63) is 35.4 Å². The molecule has 1 amide bonds. The Balaban J connectivity index is 1.76. The normalized spacial score (nSPS) is 18.2. The SMILES string of the molecule is CCC1CCCCN1CCNC(=NC)NCc1ccc(C(=O)N(C)C)cc1. The van der Waals surface area contributed by atoms with Crippen LogP contribution in [0.5, 0.6) is 0 Å². The number of carbonyl (C=O) groups excluding carboxylic acids is 1. The molecule has 1 saturated heterocycles. The number of piperidine rings is 1. The highest BCUT2D eigenvalue weighted by Crippen LogP contribution is 2.18. The van der Waals surface area contributed by atoms with Gasteiger partial charge in [0.05, 0.1) is 0 Å². The monoisotopic (exact) mass is 373 g/mol. The average molecular weight is 374 g/mol. The molecule has 0 bridgehead atoms. The molecule has 0 saturated carbocycles. The van der Waals surface area contributed by atoms with Gasteiger partial charge in [0, 0.05) is 52.4 Å². The second-order valence-electron chi connectivity index (χ2n) is 7.34. The predicted octanol–water partition coefficient (Wildman–Crippen LogP) is 2.32. The van der Waals surface area contributed by atoms with Gasteiger partial charge in [0.1, 0.15) is 0 Å². The van der Waals surface area contributed by atoms with Gasteiger partial charge < -0.3 is 15.5 Å². The van der Waals surface area contributed by atoms with Gasteiger partial charge in [0.2, 0.25) is 0 Å². The fraction of sp³-hybridized carbons (Fsp3) is 0.619. The zero-order valence-electron chi connectivity index (χ0n) is 17.3. The summed E-state index contributed by atoms with van der Waals surface area (Å²) in [5.74, 6) is 0.837. The molecular weight excluding hydrogens is 338 g/mol. The number of nitrogens with one attached hydrogen (secondary N) is 2. The zero-order chi connectivity index (χ0) is 19.6. The second-order valence-corrected chi connectivity index (χ2v) is 7.34. The molecule has 0 spiro atoms. The summed E-state index contributed by atoms with van der Waals surface area (Å²) < 4.78 is 0. The first-order valence-electron chi connectivity index (χ1n) is 10.0. The summed E-state index contributed by atoms with van der Waals surface area (Å²) >= 11 is 0. The molecule has 1 aromatic rings. The van der Waals surface area contributed by atoms with Gasteiger partial charge in [-0.1, -0.05) is 25.5 Å². The molecule has 6 nitrogen and oxygen atoms in total. The van der Waals surface area contributed by atoms with Crippen LogP contribution < -0.4 is 10.6 Å². The van der Waals surface area contributed by atoms with Gasteiger partial charge >= 0.3 is 0 Å². The quantitative estimate of drug-likeness (QED) is 0.569. The summed E-state index contributed by atoms with van der Waals surface area (Å²) in [6.45, 7) is 6.13. The number of hydrogen-bond donors (Lipinski definition) is 2. The third-order valence-electron chi connectivity index (χ3n) is 5.20. The summed E-state index contributed by atoms with van der Waals surface area (Å²) in [6, 6.07) is 8.44. The Bertz CT molecular complexity index is 612. The lowest BCUT2D eigenvalue weighted by molar-refractivity contribution is 0.0827. The number of likely N-dealkylation sites (tertiary alicyclic amines) is 1. The summed E-state index contributed by atoms with van der Waals surface area (Å²) in [4.78, 5) is 20.4. The van der Waals surface area contributed by atoms with Crippen molar-refractivity contribution in [3.63, 3.8) is 0 Å². The Morgan fingerprint density at radius 2 is 1.96 bits per heavy atom. The Hall–Kier alpha value is -2.08. The lowest BCUT2D eigenvalue weighted by Crippen LogP contribution is -2.45. The minimum absolute atomic E-state index is 0.0232. The van der Waals surface area contributed by atoms with E-state index >= 15 is 0 Å². The number of nitrogens with zero attached hydrogens (tertiary/aromatic N) is 3. The van der Waals surface area contributed by atoms with Gasteiger partial charge in [-0.05, 0) is 43.5 Å². The summed E-state index contributed by atoms with van der Waals surface area (Å²) in [5, 5.41) is 6.76. The molecule has 0 radical (unpaired) electrons. The van der Waals surface area contributed by atoms with Gasteiger partial charge in [-0.3, -0.25) is 14.7 Å². The van der Waals surface area contributed by atoms with Crippen molar-refractivity contribution in [1.82, 2.24) is 20.4 Å². The highest BCUT2D eigenvalue weighted by atomic mass is 16.2. The van der Waals surface area contributed by atoms with Crippen LogP contribution in [-0.2, 0) is 6.54 Å². The standard InChI is InChI=1S/C21H35N5O/c1-5-19-8-6-7-14-26(19)15-13-23-21(22-2)24-16-17-9-11-18(12-10-17)20(27)25(3)4/h9-12,19H,5-8,13-16H2,1-4H3,(H2,22,23,24). The van der Waals surface area contributed by atoms with E-state index < -0.39 is 0 Å². The van der Waals surface area contributed by atoms with Crippen molar-refractivity contribution in [3.8, 4) is 0 Å². The lowest BCUT2D eigenvalue weighted by Gasteiger charge is -2.35. The van der Waals surface area contributed by atoms with E-state index in [1.54, 1.807) is 26.0 Å². The van der Waals surface area contributed by atoms with Crippen LogP contribution in [0.3, 0.4) is 0 Å². The van der Waals surface area contributed by atoms with Gasteiger partial charge in [0.25, 0.3) is 5.91 Å². The van der Waals surface area contributed by atoms with E-state index in [-0.39, 0.29) is 5.91 Å². The third-order valence-corrected chi connectivity index (χ3v) is 5.20. The predicted molar refractivity (Wildman–Crippen MR) is 112 cm³/mol. The first kappa shape index (κ1) is 21.2. The first-order valence-corrected chi connectivity index (χ1v) is 10.0. The van der Waals surface area contributed by atoms with E-state index in [0.29, 0.717) is 12.1 Å². The van der Waals surface area contributed by atoms with E-state index in [1.807, 2.05) is 24.3 Å². The largest absolute Gasteiger partial charge is 0.355 e. The molecule has 1 heterocycles. The Morgan fingerprint density at radius 3 is 2.59 bits per heavy atom. The number of aliphatic imine (C=N–C) groups is 1. The molecule has 2 N–H and O–H groups in total. The van der Waals surface area contributed by atoms with Crippen molar-refractivity contribution >= 4 is 11.9 Å². The fourth-order valence-corrected chi connectivity index (χ4v) is 3.56. The smallest absolute Gasteiger partial charge is 0.253 e. The summed E-state index contributed by atoms with van der Waals surface area (Å²) in [5.41, 5.74) is 1.83. The first-order chi connectivity index (χ1) is 13.0. The Labute approximate surface area is 164 Å². The summed E-state index contributed by atoms with van der Waals surface area (Å²) in [6.07, 6.45) is 5.25. The van der Waals surface area contributed by atoms with E-state index in [9.17, 15) is 4.79 Å². The number of guanidine groups is 1. The molecule has 1 aliphatic heterocycles. The highest BCUT2D eigenvalue weighted by molar-refractivity contribution is 5.93. The molecular formula is C21H35N5O. The maximum absolute atomic E-state index is 11.9. The molecule has 1 aliphatic rings. The summed E-state index contributed by atoms with van der Waals surface area (Å²) in [7, 11) is 5.32. The maximum Gasteiger partial charge on any atom is 0.253 e. The minimum Gasteiger partial charge on any atom is -0.355 e. The molecule has 1 unspecified atom stereocenters. The second kappa shape index (κ2) is 10.9.